The fourth-order valence-corrected chi connectivity index (χ4v) is 1.20. The van der Waals surface area contributed by atoms with Crippen LogP contribution in [-0.4, -0.2) is 10.7 Å². The van der Waals surface area contributed by atoms with E-state index in [1.165, 1.54) is 0 Å². The average molecular weight is 194 g/mol. The molecule has 0 aliphatic carbocycles. The molecule has 0 atom stereocenters. The van der Waals surface area contributed by atoms with Gasteiger partial charge in [-0.2, -0.15) is 12.6 Å². The number of nitrogens with zero attached hydrogens (tertiary/aromatic N) is 1. The number of rotatable bonds is 3. The van der Waals surface area contributed by atoms with E-state index in [-0.39, 0.29) is 0 Å². The standard InChI is InChI=1S/C10H14N2S/c1-8-6-9(11)7-12-10(8)4-2-3-5-13/h2,4,6-7,13H,3,5,11H2,1H3. The van der Waals surface area contributed by atoms with E-state index < -0.39 is 0 Å². The van der Waals surface area contributed by atoms with Gasteiger partial charge in [-0.3, -0.25) is 4.98 Å². The summed E-state index contributed by atoms with van der Waals surface area (Å²) in [7, 11) is 0. The number of hydrogen-bond acceptors (Lipinski definition) is 3. The minimum absolute atomic E-state index is 0.712. The van der Waals surface area contributed by atoms with E-state index in [0.717, 1.165) is 23.4 Å². The Hall–Kier alpha value is -0.960. The zero-order chi connectivity index (χ0) is 9.68. The van der Waals surface area contributed by atoms with Crippen molar-refractivity contribution in [3.63, 3.8) is 0 Å². The molecule has 0 radical (unpaired) electrons. The van der Waals surface area contributed by atoms with Crippen LogP contribution in [0.3, 0.4) is 0 Å². The molecule has 0 amide bonds. The third kappa shape index (κ3) is 3.11. The van der Waals surface area contributed by atoms with E-state index in [0.29, 0.717) is 5.69 Å². The topological polar surface area (TPSA) is 38.9 Å². The highest BCUT2D eigenvalue weighted by Crippen LogP contribution is 2.10. The first-order valence-corrected chi connectivity index (χ1v) is 4.87. The zero-order valence-corrected chi connectivity index (χ0v) is 8.59. The van der Waals surface area contributed by atoms with Gasteiger partial charge in [0.15, 0.2) is 0 Å². The molecular weight excluding hydrogens is 180 g/mol. The van der Waals surface area contributed by atoms with Crippen LogP contribution >= 0.6 is 12.6 Å². The van der Waals surface area contributed by atoms with Gasteiger partial charge in [-0.25, -0.2) is 0 Å². The highest BCUT2D eigenvalue weighted by molar-refractivity contribution is 7.80. The third-order valence-corrected chi connectivity index (χ3v) is 1.97. The molecule has 0 unspecified atom stereocenters. The lowest BCUT2D eigenvalue weighted by Gasteiger charge is -1.99. The second-order valence-corrected chi connectivity index (χ2v) is 3.33. The lowest BCUT2D eigenvalue weighted by molar-refractivity contribution is 1.22. The molecule has 1 rings (SSSR count). The molecule has 0 saturated carbocycles. The van der Waals surface area contributed by atoms with E-state index in [9.17, 15) is 0 Å². The van der Waals surface area contributed by atoms with Gasteiger partial charge in [-0.05, 0) is 36.8 Å². The van der Waals surface area contributed by atoms with Crippen LogP contribution < -0.4 is 5.73 Å². The van der Waals surface area contributed by atoms with Gasteiger partial charge >= 0.3 is 0 Å². The van der Waals surface area contributed by atoms with E-state index in [1.807, 2.05) is 19.1 Å². The van der Waals surface area contributed by atoms with Crippen molar-refractivity contribution in [2.45, 2.75) is 13.3 Å². The van der Waals surface area contributed by atoms with E-state index in [2.05, 4.69) is 23.7 Å². The van der Waals surface area contributed by atoms with Gasteiger partial charge in [0.05, 0.1) is 17.6 Å². The summed E-state index contributed by atoms with van der Waals surface area (Å²) < 4.78 is 0. The van der Waals surface area contributed by atoms with Gasteiger partial charge in [0.2, 0.25) is 0 Å². The fourth-order valence-electron chi connectivity index (χ4n) is 1.05. The van der Waals surface area contributed by atoms with Gasteiger partial charge in [0.25, 0.3) is 0 Å². The Morgan fingerprint density at radius 3 is 3.00 bits per heavy atom. The number of allylic oxidation sites excluding steroid dienone is 1. The number of aromatic nitrogens is 1. The van der Waals surface area contributed by atoms with Gasteiger partial charge in [0.1, 0.15) is 0 Å². The SMILES string of the molecule is Cc1cc(N)cnc1C=CCCS. The molecule has 0 aliphatic rings. The summed E-state index contributed by atoms with van der Waals surface area (Å²) in [5.74, 6) is 0.866. The number of pyridine rings is 1. The summed E-state index contributed by atoms with van der Waals surface area (Å²) in [6, 6.07) is 1.92. The van der Waals surface area contributed by atoms with Crippen molar-refractivity contribution < 1.29 is 0 Å². The lowest BCUT2D eigenvalue weighted by Crippen LogP contribution is -1.91. The van der Waals surface area contributed by atoms with Crippen molar-refractivity contribution in [2.24, 2.45) is 0 Å². The fraction of sp³-hybridized carbons (Fsp3) is 0.300. The quantitative estimate of drug-likeness (QED) is 0.725. The van der Waals surface area contributed by atoms with Crippen molar-refractivity contribution >= 4 is 24.4 Å². The summed E-state index contributed by atoms with van der Waals surface area (Å²) in [4.78, 5) is 4.21. The molecule has 0 aliphatic heterocycles. The van der Waals surface area contributed by atoms with E-state index in [1.54, 1.807) is 6.20 Å². The monoisotopic (exact) mass is 194 g/mol. The Bertz CT molecular complexity index is 308. The zero-order valence-electron chi connectivity index (χ0n) is 7.70. The van der Waals surface area contributed by atoms with E-state index in [4.69, 9.17) is 5.73 Å². The highest BCUT2D eigenvalue weighted by Gasteiger charge is 1.94. The summed E-state index contributed by atoms with van der Waals surface area (Å²) in [5, 5.41) is 0. The van der Waals surface area contributed by atoms with Crippen LogP contribution in [0, 0.1) is 6.92 Å². The van der Waals surface area contributed by atoms with E-state index >= 15 is 0 Å². The molecule has 0 fully saturated rings. The molecule has 13 heavy (non-hydrogen) atoms. The lowest BCUT2D eigenvalue weighted by atomic mass is 10.2. The molecule has 1 aromatic rings. The number of anilines is 1. The van der Waals surface area contributed by atoms with Crippen LogP contribution in [-0.2, 0) is 0 Å². The van der Waals surface area contributed by atoms with Crippen LogP contribution in [0.25, 0.3) is 6.08 Å². The Kier molecular flexibility index (Phi) is 3.83. The van der Waals surface area contributed by atoms with Gasteiger partial charge in [-0.15, -0.1) is 0 Å². The highest BCUT2D eigenvalue weighted by atomic mass is 32.1. The second-order valence-electron chi connectivity index (χ2n) is 2.89. The Labute approximate surface area is 84.3 Å². The maximum atomic E-state index is 5.58. The summed E-state index contributed by atoms with van der Waals surface area (Å²) in [6.45, 7) is 2.00. The molecule has 0 aromatic carbocycles. The first-order valence-electron chi connectivity index (χ1n) is 4.23. The van der Waals surface area contributed by atoms with Crippen LogP contribution in [0.5, 0.6) is 0 Å². The number of hydrogen-bond donors (Lipinski definition) is 2. The molecule has 2 nitrogen and oxygen atoms in total. The maximum Gasteiger partial charge on any atom is 0.0657 e. The predicted molar refractivity (Wildman–Crippen MR) is 60.9 cm³/mol. The Morgan fingerprint density at radius 1 is 1.62 bits per heavy atom. The molecule has 0 saturated heterocycles. The molecule has 1 heterocycles. The van der Waals surface area contributed by atoms with Crippen LogP contribution in [0.2, 0.25) is 0 Å². The Balaban J connectivity index is 2.77. The van der Waals surface area contributed by atoms with Gasteiger partial charge < -0.3 is 5.73 Å². The summed E-state index contributed by atoms with van der Waals surface area (Å²) in [5.41, 5.74) is 8.38. The number of nitrogens with two attached hydrogens (primary N) is 1. The normalized spacial score (nSPS) is 10.9. The molecule has 3 heteroatoms. The van der Waals surface area contributed by atoms with Crippen LogP contribution in [0.1, 0.15) is 17.7 Å². The Morgan fingerprint density at radius 2 is 2.38 bits per heavy atom. The minimum atomic E-state index is 0.712. The first-order chi connectivity index (χ1) is 6.24. The van der Waals surface area contributed by atoms with Gasteiger partial charge in [-0.1, -0.05) is 6.08 Å². The third-order valence-electron chi connectivity index (χ3n) is 1.71. The van der Waals surface area contributed by atoms with Crippen LogP contribution in [0.15, 0.2) is 18.3 Å². The molecule has 0 bridgehead atoms. The first kappa shape index (κ1) is 10.1. The molecule has 0 spiro atoms. The van der Waals surface area contributed by atoms with Crippen molar-refractivity contribution in [3.05, 3.63) is 29.6 Å². The minimum Gasteiger partial charge on any atom is -0.397 e. The van der Waals surface area contributed by atoms with Crippen molar-refractivity contribution in [1.29, 1.82) is 0 Å². The van der Waals surface area contributed by atoms with Crippen molar-refractivity contribution in [2.75, 3.05) is 11.5 Å². The van der Waals surface area contributed by atoms with Crippen LogP contribution in [0.4, 0.5) is 5.69 Å². The molecule has 2 N–H and O–H groups in total. The smallest absolute Gasteiger partial charge is 0.0657 e. The van der Waals surface area contributed by atoms with Gasteiger partial charge in [0, 0.05) is 0 Å². The molecule has 70 valence electrons. The predicted octanol–water partition coefficient (Wildman–Crippen LogP) is 2.31. The number of nitrogen functional groups attached to an aromatic ring is 1. The van der Waals surface area contributed by atoms with Crippen molar-refractivity contribution in [1.82, 2.24) is 4.98 Å². The summed E-state index contributed by atoms with van der Waals surface area (Å²) in [6.07, 6.45) is 6.71. The maximum absolute atomic E-state index is 5.58. The second kappa shape index (κ2) is 4.92. The van der Waals surface area contributed by atoms with Crippen molar-refractivity contribution in [3.8, 4) is 0 Å². The number of thiol groups is 1. The average Bonchev–Trinajstić information content (AvgIpc) is 2.09. The molecule has 1 aromatic heterocycles. The largest absolute Gasteiger partial charge is 0.397 e. The molecular formula is C10H14N2S. The summed E-state index contributed by atoms with van der Waals surface area (Å²) >= 11 is 4.12. The number of aryl methyl sites for hydroxylation is 1.